The zero-order valence-corrected chi connectivity index (χ0v) is 18.3. The van der Waals surface area contributed by atoms with Gasteiger partial charge in [-0.25, -0.2) is 4.99 Å². The number of likely N-dealkylation sites (tertiary alicyclic amines) is 1. The van der Waals surface area contributed by atoms with Crippen LogP contribution in [-0.4, -0.2) is 69.0 Å². The first-order valence-electron chi connectivity index (χ1n) is 11.6. The molecule has 2 fully saturated rings. The van der Waals surface area contributed by atoms with E-state index in [1.165, 1.54) is 17.7 Å². The zero-order valence-electron chi connectivity index (χ0n) is 18.3. The fraction of sp³-hybridized carbons (Fsp3) is 0.625. The number of rotatable bonds is 7. The van der Waals surface area contributed by atoms with E-state index >= 15 is 0 Å². The van der Waals surface area contributed by atoms with Crippen LogP contribution in [0.15, 0.2) is 41.4 Å². The molecular weight excluding hydrogens is 376 g/mol. The smallest absolute Gasteiger partial charge is 0.194 e. The van der Waals surface area contributed by atoms with Crippen molar-refractivity contribution in [1.82, 2.24) is 10.2 Å². The first kappa shape index (κ1) is 21.2. The topological polar surface area (TPSA) is 49.3 Å². The Bertz CT molecular complexity index is 714. The average Bonchev–Trinajstić information content (AvgIpc) is 3.50. The van der Waals surface area contributed by atoms with Gasteiger partial charge in [-0.15, -0.1) is 0 Å². The third-order valence-corrected chi connectivity index (χ3v) is 6.12. The summed E-state index contributed by atoms with van der Waals surface area (Å²) in [6.45, 7) is 9.34. The molecule has 4 rings (SSSR count). The normalized spacial score (nSPS) is 22.8. The van der Waals surface area contributed by atoms with E-state index in [1.807, 2.05) is 0 Å². The van der Waals surface area contributed by atoms with E-state index < -0.39 is 0 Å². The molecule has 0 aromatic heterocycles. The summed E-state index contributed by atoms with van der Waals surface area (Å²) in [5.41, 5.74) is 2.53. The van der Waals surface area contributed by atoms with Crippen LogP contribution in [0.5, 0.6) is 0 Å². The number of hydrogen-bond donors (Lipinski definition) is 1. The van der Waals surface area contributed by atoms with Crippen molar-refractivity contribution in [3.8, 4) is 0 Å². The van der Waals surface area contributed by atoms with Gasteiger partial charge < -0.3 is 24.6 Å². The van der Waals surface area contributed by atoms with E-state index in [0.29, 0.717) is 18.8 Å². The molecule has 164 valence electrons. The molecule has 2 saturated heterocycles. The number of nitrogens with zero attached hydrogens (tertiary/aromatic N) is 3. The lowest BCUT2D eigenvalue weighted by atomic mass is 10.1. The minimum Gasteiger partial charge on any atom is -0.376 e. The van der Waals surface area contributed by atoms with Gasteiger partial charge in [-0.3, -0.25) is 0 Å². The second kappa shape index (κ2) is 10.8. The Hall–Kier alpha value is -2.05. The largest absolute Gasteiger partial charge is 0.376 e. The van der Waals surface area contributed by atoms with Crippen molar-refractivity contribution in [2.45, 2.75) is 51.4 Å². The number of benzene rings is 1. The van der Waals surface area contributed by atoms with Gasteiger partial charge in [0.1, 0.15) is 0 Å². The predicted octanol–water partition coefficient (Wildman–Crippen LogP) is 3.19. The van der Waals surface area contributed by atoms with Crippen LogP contribution in [0.25, 0.3) is 0 Å². The Labute approximate surface area is 180 Å². The van der Waals surface area contributed by atoms with E-state index in [2.05, 4.69) is 58.5 Å². The molecule has 0 spiro atoms. The molecule has 3 aliphatic heterocycles. The quantitative estimate of drug-likeness (QED) is 0.423. The summed E-state index contributed by atoms with van der Waals surface area (Å²) in [6, 6.07) is 8.77. The number of nitrogens with one attached hydrogen (secondary N) is 1. The van der Waals surface area contributed by atoms with Crippen LogP contribution in [0.3, 0.4) is 0 Å². The number of guanidine groups is 1. The van der Waals surface area contributed by atoms with Gasteiger partial charge in [0.05, 0.1) is 25.4 Å². The van der Waals surface area contributed by atoms with Crippen molar-refractivity contribution < 1.29 is 9.47 Å². The van der Waals surface area contributed by atoms with Crippen molar-refractivity contribution in [3.63, 3.8) is 0 Å². The average molecular weight is 413 g/mol. The highest BCUT2D eigenvalue weighted by atomic mass is 16.5. The van der Waals surface area contributed by atoms with Gasteiger partial charge in [0.15, 0.2) is 5.96 Å². The van der Waals surface area contributed by atoms with Crippen LogP contribution < -0.4 is 10.2 Å². The maximum atomic E-state index is 6.12. The van der Waals surface area contributed by atoms with E-state index in [4.69, 9.17) is 14.5 Å². The molecule has 1 N–H and O–H groups in total. The predicted molar refractivity (Wildman–Crippen MR) is 122 cm³/mol. The number of anilines is 1. The highest BCUT2D eigenvalue weighted by Crippen LogP contribution is 2.20. The molecule has 3 aliphatic rings. The molecular formula is C24H36N4O2. The van der Waals surface area contributed by atoms with Crippen molar-refractivity contribution in [2.24, 2.45) is 4.99 Å². The third-order valence-electron chi connectivity index (χ3n) is 6.12. The molecule has 30 heavy (non-hydrogen) atoms. The van der Waals surface area contributed by atoms with Crippen LogP contribution in [0.1, 0.15) is 38.2 Å². The second-order valence-corrected chi connectivity index (χ2v) is 8.37. The molecule has 3 heterocycles. The molecule has 0 radical (unpaired) electrons. The van der Waals surface area contributed by atoms with Gasteiger partial charge in [0, 0.05) is 45.0 Å². The Kier molecular flexibility index (Phi) is 7.65. The lowest BCUT2D eigenvalue weighted by molar-refractivity contribution is -0.0367. The van der Waals surface area contributed by atoms with Crippen molar-refractivity contribution >= 4 is 11.6 Å². The van der Waals surface area contributed by atoms with E-state index in [1.54, 1.807) is 0 Å². The maximum absolute atomic E-state index is 6.12. The summed E-state index contributed by atoms with van der Waals surface area (Å²) in [5.74, 6) is 1.02. The highest BCUT2D eigenvalue weighted by Gasteiger charge is 2.24. The van der Waals surface area contributed by atoms with Crippen LogP contribution in [0.4, 0.5) is 5.69 Å². The molecule has 0 amide bonds. The standard InChI is InChI=1S/C24H36N4O2/c1-2-25-24(26-18-20-7-5-8-21(17-20)27-12-3-4-13-27)28-14-10-22(11-15-28)30-19-23-9-6-16-29-23/h3-5,7-8,17,22-23H,2,6,9-16,18-19H2,1H3,(H,25,26). The number of aliphatic imine (C=N–C) groups is 1. The van der Waals surface area contributed by atoms with Crippen molar-refractivity contribution in [1.29, 1.82) is 0 Å². The van der Waals surface area contributed by atoms with Gasteiger partial charge in [0.2, 0.25) is 0 Å². The first-order chi connectivity index (χ1) is 14.8. The number of hydrogen-bond acceptors (Lipinski definition) is 4. The SMILES string of the molecule is CCNC(=NCc1cccc(N2CC=CC2)c1)N1CCC(OCC2CCCO2)CC1. The van der Waals surface area contributed by atoms with Crippen molar-refractivity contribution in [2.75, 3.05) is 50.8 Å². The van der Waals surface area contributed by atoms with Crippen LogP contribution in [0, 0.1) is 0 Å². The van der Waals surface area contributed by atoms with Gasteiger partial charge in [-0.1, -0.05) is 24.3 Å². The minimum atomic E-state index is 0.314. The van der Waals surface area contributed by atoms with Gasteiger partial charge in [-0.2, -0.15) is 0 Å². The molecule has 1 aromatic rings. The van der Waals surface area contributed by atoms with E-state index in [9.17, 15) is 0 Å². The number of ether oxygens (including phenoxy) is 2. The summed E-state index contributed by atoms with van der Waals surface area (Å²) >= 11 is 0. The lowest BCUT2D eigenvalue weighted by Crippen LogP contribution is -2.47. The Morgan fingerprint density at radius 2 is 2.03 bits per heavy atom. The van der Waals surface area contributed by atoms with Crippen LogP contribution >= 0.6 is 0 Å². The molecule has 1 unspecified atom stereocenters. The summed E-state index contributed by atoms with van der Waals surface area (Å²) in [6.07, 6.45) is 9.53. The molecule has 0 saturated carbocycles. The van der Waals surface area contributed by atoms with Crippen LogP contribution in [0.2, 0.25) is 0 Å². The summed E-state index contributed by atoms with van der Waals surface area (Å²) in [4.78, 5) is 9.70. The van der Waals surface area contributed by atoms with Gasteiger partial charge in [0.25, 0.3) is 0 Å². The highest BCUT2D eigenvalue weighted by molar-refractivity contribution is 5.80. The fourth-order valence-electron chi connectivity index (χ4n) is 4.39. The van der Waals surface area contributed by atoms with E-state index in [-0.39, 0.29) is 0 Å². The Morgan fingerprint density at radius 3 is 2.77 bits per heavy atom. The third kappa shape index (κ3) is 5.76. The first-order valence-corrected chi connectivity index (χ1v) is 11.6. The summed E-state index contributed by atoms with van der Waals surface area (Å²) < 4.78 is 11.8. The number of piperidine rings is 1. The molecule has 0 aliphatic carbocycles. The molecule has 1 atom stereocenters. The van der Waals surface area contributed by atoms with Gasteiger partial charge >= 0.3 is 0 Å². The maximum Gasteiger partial charge on any atom is 0.194 e. The van der Waals surface area contributed by atoms with Gasteiger partial charge in [-0.05, 0) is 50.3 Å². The molecule has 0 bridgehead atoms. The summed E-state index contributed by atoms with van der Waals surface area (Å²) in [5, 5.41) is 3.48. The molecule has 6 heteroatoms. The fourth-order valence-corrected chi connectivity index (χ4v) is 4.39. The second-order valence-electron chi connectivity index (χ2n) is 8.37. The molecule has 6 nitrogen and oxygen atoms in total. The van der Waals surface area contributed by atoms with E-state index in [0.717, 1.165) is 71.2 Å². The zero-order chi connectivity index (χ0) is 20.6. The van der Waals surface area contributed by atoms with Crippen molar-refractivity contribution in [3.05, 3.63) is 42.0 Å². The minimum absolute atomic E-state index is 0.314. The Balaban J connectivity index is 1.29. The Morgan fingerprint density at radius 1 is 1.20 bits per heavy atom. The lowest BCUT2D eigenvalue weighted by Gasteiger charge is -2.34. The monoisotopic (exact) mass is 412 g/mol. The summed E-state index contributed by atoms with van der Waals surface area (Å²) in [7, 11) is 0. The van der Waals surface area contributed by atoms with Crippen LogP contribution in [-0.2, 0) is 16.0 Å². The molecule has 1 aromatic carbocycles.